The maximum atomic E-state index is 14.0. The molecule has 1 unspecified atom stereocenters. The molecule has 0 heterocycles. The summed E-state index contributed by atoms with van der Waals surface area (Å²) in [6.07, 6.45) is 0. The zero-order chi connectivity index (χ0) is 16.2. The summed E-state index contributed by atoms with van der Waals surface area (Å²) < 4.78 is 19.4. The molecule has 22 heavy (non-hydrogen) atoms. The van der Waals surface area contributed by atoms with Crippen molar-refractivity contribution in [2.24, 2.45) is 0 Å². The smallest absolute Gasteiger partial charge is 0.252 e. The van der Waals surface area contributed by atoms with Crippen LogP contribution in [0.1, 0.15) is 22.8 Å². The molecular weight excluding hydrogens is 305 g/mol. The lowest BCUT2D eigenvalue weighted by Crippen LogP contribution is -2.40. The van der Waals surface area contributed by atoms with Crippen LogP contribution >= 0.6 is 11.6 Å². The Balaban J connectivity index is 2.16. The van der Waals surface area contributed by atoms with Crippen LogP contribution in [0.25, 0.3) is 0 Å². The van der Waals surface area contributed by atoms with Gasteiger partial charge in [-0.1, -0.05) is 41.9 Å². The first-order valence-electron chi connectivity index (χ1n) is 6.81. The molecule has 2 rings (SSSR count). The number of ether oxygens (including phenoxy) is 1. The molecule has 0 aromatic heterocycles. The van der Waals surface area contributed by atoms with Gasteiger partial charge in [-0.15, -0.1) is 0 Å². The first-order valence-corrected chi connectivity index (χ1v) is 7.18. The third-order valence-electron chi connectivity index (χ3n) is 3.60. The van der Waals surface area contributed by atoms with E-state index in [-0.39, 0.29) is 18.3 Å². The lowest BCUT2D eigenvalue weighted by atomic mass is 9.95. The van der Waals surface area contributed by atoms with Crippen molar-refractivity contribution in [2.75, 3.05) is 13.7 Å². The first-order chi connectivity index (χ1) is 10.5. The summed E-state index contributed by atoms with van der Waals surface area (Å²) in [7, 11) is 1.48. The van der Waals surface area contributed by atoms with E-state index < -0.39 is 5.60 Å². The van der Waals surface area contributed by atoms with E-state index in [9.17, 15) is 9.18 Å². The normalized spacial score (nSPS) is 13.5. The number of methoxy groups -OCH3 is 1. The van der Waals surface area contributed by atoms with Gasteiger partial charge in [-0.3, -0.25) is 4.79 Å². The van der Waals surface area contributed by atoms with E-state index >= 15 is 0 Å². The summed E-state index contributed by atoms with van der Waals surface area (Å²) in [4.78, 5) is 12.2. The fraction of sp³-hybridized carbons (Fsp3) is 0.235. The summed E-state index contributed by atoms with van der Waals surface area (Å²) >= 11 is 5.99. The second-order valence-corrected chi connectivity index (χ2v) is 5.48. The zero-order valence-electron chi connectivity index (χ0n) is 12.4. The molecule has 0 saturated heterocycles. The molecule has 2 aromatic rings. The van der Waals surface area contributed by atoms with Crippen molar-refractivity contribution in [1.29, 1.82) is 0 Å². The predicted octanol–water partition coefficient (Wildman–Crippen LogP) is 3.77. The monoisotopic (exact) mass is 321 g/mol. The molecule has 0 aliphatic rings. The van der Waals surface area contributed by atoms with Crippen LogP contribution in [0, 0.1) is 5.82 Å². The number of halogens is 2. The van der Waals surface area contributed by atoms with Gasteiger partial charge >= 0.3 is 0 Å². The Morgan fingerprint density at radius 2 is 1.86 bits per heavy atom. The summed E-state index contributed by atoms with van der Waals surface area (Å²) in [5.74, 6) is -0.705. The SMILES string of the molecule is COC(C)(CNC(=O)c1ccccc1Cl)c1ccccc1F. The van der Waals surface area contributed by atoms with E-state index in [1.54, 1.807) is 49.4 Å². The fourth-order valence-corrected chi connectivity index (χ4v) is 2.38. The Morgan fingerprint density at radius 3 is 2.50 bits per heavy atom. The van der Waals surface area contributed by atoms with Crippen LogP contribution in [0.3, 0.4) is 0 Å². The zero-order valence-corrected chi connectivity index (χ0v) is 13.2. The summed E-state index contributed by atoms with van der Waals surface area (Å²) in [6, 6.07) is 13.1. The quantitative estimate of drug-likeness (QED) is 0.910. The van der Waals surface area contributed by atoms with Gasteiger partial charge in [0.1, 0.15) is 11.4 Å². The molecule has 0 spiro atoms. The summed E-state index contributed by atoms with van der Waals surface area (Å²) in [5, 5.41) is 3.11. The third kappa shape index (κ3) is 3.46. The molecule has 1 amide bonds. The van der Waals surface area contributed by atoms with Gasteiger partial charge in [-0.05, 0) is 25.1 Å². The van der Waals surface area contributed by atoms with Crippen LogP contribution in [0.5, 0.6) is 0 Å². The highest BCUT2D eigenvalue weighted by Crippen LogP contribution is 2.26. The molecule has 0 radical (unpaired) electrons. The molecule has 0 saturated carbocycles. The first kappa shape index (κ1) is 16.5. The van der Waals surface area contributed by atoms with Crippen molar-refractivity contribution in [2.45, 2.75) is 12.5 Å². The van der Waals surface area contributed by atoms with Crippen LogP contribution in [0.15, 0.2) is 48.5 Å². The minimum absolute atomic E-state index is 0.120. The van der Waals surface area contributed by atoms with E-state index in [2.05, 4.69) is 5.32 Å². The Bertz CT molecular complexity index is 677. The average Bonchev–Trinajstić information content (AvgIpc) is 2.53. The molecule has 0 bridgehead atoms. The van der Waals surface area contributed by atoms with E-state index in [4.69, 9.17) is 16.3 Å². The lowest BCUT2D eigenvalue weighted by molar-refractivity contribution is 0.000389. The van der Waals surface area contributed by atoms with Crippen molar-refractivity contribution in [1.82, 2.24) is 5.32 Å². The van der Waals surface area contributed by atoms with Crippen LogP contribution in [-0.4, -0.2) is 19.6 Å². The maximum absolute atomic E-state index is 14.0. The molecule has 116 valence electrons. The van der Waals surface area contributed by atoms with E-state index in [0.717, 1.165) is 0 Å². The van der Waals surface area contributed by atoms with E-state index in [1.165, 1.54) is 13.2 Å². The van der Waals surface area contributed by atoms with Crippen LogP contribution in [0.2, 0.25) is 5.02 Å². The molecular formula is C17H17ClFNO2. The molecule has 0 aliphatic carbocycles. The van der Waals surface area contributed by atoms with Gasteiger partial charge in [0.2, 0.25) is 0 Å². The predicted molar refractivity (Wildman–Crippen MR) is 84.5 cm³/mol. The number of amides is 1. The summed E-state index contributed by atoms with van der Waals surface area (Å²) in [5.41, 5.74) is -0.212. The van der Waals surface area contributed by atoms with Gasteiger partial charge in [0.15, 0.2) is 0 Å². The Labute approximate surface area is 134 Å². The van der Waals surface area contributed by atoms with Crippen molar-refractivity contribution in [3.63, 3.8) is 0 Å². The number of carbonyl (C=O) groups excluding carboxylic acids is 1. The van der Waals surface area contributed by atoms with Crippen molar-refractivity contribution >= 4 is 17.5 Å². The molecule has 2 aromatic carbocycles. The van der Waals surface area contributed by atoms with E-state index in [1.807, 2.05) is 0 Å². The molecule has 1 N–H and O–H groups in total. The average molecular weight is 322 g/mol. The van der Waals surface area contributed by atoms with Crippen molar-refractivity contribution in [3.05, 3.63) is 70.5 Å². The number of hydrogen-bond acceptors (Lipinski definition) is 2. The Hall–Kier alpha value is -1.91. The second-order valence-electron chi connectivity index (χ2n) is 5.08. The Kier molecular flexibility index (Phi) is 5.16. The lowest BCUT2D eigenvalue weighted by Gasteiger charge is -2.29. The fourth-order valence-electron chi connectivity index (χ4n) is 2.16. The standard InChI is InChI=1S/C17H17ClFNO2/c1-17(22-2,13-8-4-6-10-15(13)19)11-20-16(21)12-7-3-5-9-14(12)18/h3-10H,11H2,1-2H3,(H,20,21). The van der Waals surface area contributed by atoms with E-state index in [0.29, 0.717) is 16.1 Å². The van der Waals surface area contributed by atoms with Gasteiger partial charge < -0.3 is 10.1 Å². The number of rotatable bonds is 5. The van der Waals surface area contributed by atoms with Gasteiger partial charge in [0, 0.05) is 12.7 Å². The van der Waals surface area contributed by atoms with Gasteiger partial charge in [-0.2, -0.15) is 0 Å². The number of carbonyl (C=O) groups is 1. The molecule has 1 atom stereocenters. The molecule has 5 heteroatoms. The molecule has 0 fully saturated rings. The minimum Gasteiger partial charge on any atom is -0.372 e. The largest absolute Gasteiger partial charge is 0.372 e. The van der Waals surface area contributed by atoms with Crippen LogP contribution in [0.4, 0.5) is 4.39 Å². The maximum Gasteiger partial charge on any atom is 0.252 e. The number of hydrogen-bond donors (Lipinski definition) is 1. The van der Waals surface area contributed by atoms with Crippen molar-refractivity contribution in [3.8, 4) is 0 Å². The highest BCUT2D eigenvalue weighted by Gasteiger charge is 2.30. The molecule has 0 aliphatic heterocycles. The van der Waals surface area contributed by atoms with Crippen LogP contribution in [-0.2, 0) is 10.3 Å². The van der Waals surface area contributed by atoms with Gasteiger partial charge in [0.05, 0.1) is 17.1 Å². The Morgan fingerprint density at radius 1 is 1.23 bits per heavy atom. The van der Waals surface area contributed by atoms with Gasteiger partial charge in [-0.25, -0.2) is 4.39 Å². The highest BCUT2D eigenvalue weighted by atomic mass is 35.5. The highest BCUT2D eigenvalue weighted by molar-refractivity contribution is 6.33. The summed E-state index contributed by atoms with van der Waals surface area (Å²) in [6.45, 7) is 1.84. The minimum atomic E-state index is -0.970. The topological polar surface area (TPSA) is 38.3 Å². The van der Waals surface area contributed by atoms with Gasteiger partial charge in [0.25, 0.3) is 5.91 Å². The molecule has 3 nitrogen and oxygen atoms in total. The van der Waals surface area contributed by atoms with Crippen molar-refractivity contribution < 1.29 is 13.9 Å². The third-order valence-corrected chi connectivity index (χ3v) is 3.93. The van der Waals surface area contributed by atoms with Crippen LogP contribution < -0.4 is 5.32 Å². The number of nitrogens with one attached hydrogen (secondary N) is 1. The number of benzene rings is 2. The second kappa shape index (κ2) is 6.90.